The molecular formula is C28H24F3N5O6. The van der Waals surface area contributed by atoms with Gasteiger partial charge in [0.2, 0.25) is 0 Å². The maximum atomic E-state index is 13.4. The first-order valence-corrected chi connectivity index (χ1v) is 12.6. The number of carbonyl (C=O) groups excluding carboxylic acids is 2. The number of aryl methyl sites for hydroxylation is 1. The van der Waals surface area contributed by atoms with E-state index >= 15 is 0 Å². The Morgan fingerprint density at radius 2 is 1.86 bits per heavy atom. The molecule has 2 heterocycles. The van der Waals surface area contributed by atoms with E-state index in [0.29, 0.717) is 28.9 Å². The smallest absolute Gasteiger partial charge is 0.416 e. The maximum absolute atomic E-state index is 13.4. The average molecular weight is 584 g/mol. The van der Waals surface area contributed by atoms with Crippen molar-refractivity contribution in [2.75, 3.05) is 36.9 Å². The topological polar surface area (TPSA) is 124 Å². The molecule has 1 aliphatic heterocycles. The van der Waals surface area contributed by atoms with Crippen molar-refractivity contribution >= 4 is 34.4 Å². The second-order valence-corrected chi connectivity index (χ2v) is 9.21. The molecule has 218 valence electrons. The monoisotopic (exact) mass is 583 g/mol. The molecule has 0 radical (unpaired) electrons. The SMILES string of the molecule is Cn1cnc2ccc(Oc3cccc(NC(=O)Nc4cc(C(F)(F)F)ccc4OCCN4CCOC4=O)c3)cc2c1=O. The number of hydrogen-bond donors (Lipinski definition) is 2. The van der Waals surface area contributed by atoms with E-state index in [2.05, 4.69) is 15.6 Å². The fraction of sp³-hybridized carbons (Fsp3) is 0.214. The van der Waals surface area contributed by atoms with Crippen LogP contribution in [-0.2, 0) is 18.0 Å². The molecule has 1 fully saturated rings. The third kappa shape index (κ3) is 6.54. The predicted octanol–water partition coefficient (Wildman–Crippen LogP) is 5.22. The van der Waals surface area contributed by atoms with Crippen molar-refractivity contribution in [2.24, 2.45) is 7.05 Å². The van der Waals surface area contributed by atoms with Crippen LogP contribution < -0.4 is 25.7 Å². The van der Waals surface area contributed by atoms with Gasteiger partial charge in [-0.2, -0.15) is 13.2 Å². The fourth-order valence-electron chi connectivity index (χ4n) is 4.14. The molecule has 0 unspecified atom stereocenters. The first kappa shape index (κ1) is 28.3. The van der Waals surface area contributed by atoms with E-state index in [-0.39, 0.29) is 42.4 Å². The van der Waals surface area contributed by atoms with Gasteiger partial charge in [-0.3, -0.25) is 4.79 Å². The number of alkyl halides is 3. The van der Waals surface area contributed by atoms with Gasteiger partial charge < -0.3 is 34.3 Å². The molecule has 42 heavy (non-hydrogen) atoms. The van der Waals surface area contributed by atoms with Crippen LogP contribution in [0.3, 0.4) is 0 Å². The Labute approximate surface area is 236 Å². The number of hydrogen-bond acceptors (Lipinski definition) is 7. The predicted molar refractivity (Wildman–Crippen MR) is 146 cm³/mol. The second-order valence-electron chi connectivity index (χ2n) is 9.21. The summed E-state index contributed by atoms with van der Waals surface area (Å²) in [7, 11) is 1.59. The minimum absolute atomic E-state index is 0.0141. The molecule has 14 heteroatoms. The molecule has 5 rings (SSSR count). The number of carbonyl (C=O) groups is 2. The largest absolute Gasteiger partial charge is 0.490 e. The average Bonchev–Trinajstić information content (AvgIpc) is 3.35. The Hall–Kier alpha value is -5.27. The number of rotatable bonds is 8. The van der Waals surface area contributed by atoms with Crippen molar-refractivity contribution in [3.05, 3.63) is 82.9 Å². The lowest BCUT2D eigenvalue weighted by molar-refractivity contribution is -0.137. The minimum Gasteiger partial charge on any atom is -0.490 e. The summed E-state index contributed by atoms with van der Waals surface area (Å²) in [5.41, 5.74) is -0.650. The number of ether oxygens (including phenoxy) is 3. The molecule has 0 saturated carbocycles. The zero-order chi connectivity index (χ0) is 29.9. The first-order valence-electron chi connectivity index (χ1n) is 12.6. The highest BCUT2D eigenvalue weighted by atomic mass is 19.4. The molecule has 0 bridgehead atoms. The molecule has 4 aromatic rings. The summed E-state index contributed by atoms with van der Waals surface area (Å²) in [6.45, 7) is 0.744. The number of halogens is 3. The van der Waals surface area contributed by atoms with E-state index in [0.717, 1.165) is 18.2 Å². The summed E-state index contributed by atoms with van der Waals surface area (Å²) in [5.74, 6) is 0.679. The van der Waals surface area contributed by atoms with Crippen LogP contribution in [0.4, 0.5) is 34.1 Å². The van der Waals surface area contributed by atoms with Crippen LogP contribution in [0.5, 0.6) is 17.2 Å². The van der Waals surface area contributed by atoms with Crippen molar-refractivity contribution in [3.63, 3.8) is 0 Å². The van der Waals surface area contributed by atoms with Crippen LogP contribution in [-0.4, -0.2) is 52.9 Å². The van der Waals surface area contributed by atoms with Crippen molar-refractivity contribution < 1.29 is 37.0 Å². The molecule has 11 nitrogen and oxygen atoms in total. The number of fused-ring (bicyclic) bond motifs is 1. The van der Waals surface area contributed by atoms with Crippen LogP contribution in [0.2, 0.25) is 0 Å². The normalized spacial score (nSPS) is 13.1. The first-order chi connectivity index (χ1) is 20.1. The Kier molecular flexibility index (Phi) is 7.86. The zero-order valence-corrected chi connectivity index (χ0v) is 22.1. The number of nitrogens with one attached hydrogen (secondary N) is 2. The van der Waals surface area contributed by atoms with Gasteiger partial charge in [-0.05, 0) is 48.5 Å². The Bertz CT molecular complexity index is 1710. The Balaban J connectivity index is 1.28. The van der Waals surface area contributed by atoms with E-state index in [1.54, 1.807) is 43.4 Å². The van der Waals surface area contributed by atoms with E-state index in [9.17, 15) is 27.6 Å². The lowest BCUT2D eigenvalue weighted by Crippen LogP contribution is -2.29. The lowest BCUT2D eigenvalue weighted by atomic mass is 10.2. The summed E-state index contributed by atoms with van der Waals surface area (Å²) in [4.78, 5) is 42.4. The highest BCUT2D eigenvalue weighted by Gasteiger charge is 2.31. The van der Waals surface area contributed by atoms with Gasteiger partial charge >= 0.3 is 18.3 Å². The molecule has 3 amide bonds. The summed E-state index contributed by atoms with van der Waals surface area (Å²) in [6.07, 6.45) is -3.73. The van der Waals surface area contributed by atoms with E-state index in [1.807, 2.05) is 0 Å². The minimum atomic E-state index is -4.65. The molecule has 0 spiro atoms. The Morgan fingerprint density at radius 1 is 1.05 bits per heavy atom. The van der Waals surface area contributed by atoms with Gasteiger partial charge in [-0.15, -0.1) is 0 Å². The van der Waals surface area contributed by atoms with Crippen molar-refractivity contribution in [2.45, 2.75) is 6.18 Å². The highest BCUT2D eigenvalue weighted by molar-refractivity contribution is 6.00. The van der Waals surface area contributed by atoms with Crippen LogP contribution in [0.1, 0.15) is 5.56 Å². The lowest BCUT2D eigenvalue weighted by Gasteiger charge is -2.17. The molecular weight excluding hydrogens is 559 g/mol. The van der Waals surface area contributed by atoms with Gasteiger partial charge in [0.05, 0.1) is 41.6 Å². The fourth-order valence-corrected chi connectivity index (χ4v) is 4.14. The summed E-state index contributed by atoms with van der Waals surface area (Å²) in [6, 6.07) is 13.0. The number of urea groups is 1. The number of nitrogens with zero attached hydrogens (tertiary/aromatic N) is 3. The third-order valence-electron chi connectivity index (χ3n) is 6.24. The number of benzene rings is 3. The standard InChI is InChI=1S/C28H24F3N5O6/c1-35-16-32-22-7-6-20(15-21(22)25(35)37)42-19-4-2-3-18(14-19)33-26(38)34-23-13-17(28(29,30)31)5-8-24(23)40-11-9-36-10-12-41-27(36)39/h2-8,13-16H,9-12H2,1H3,(H2,33,34,38). The van der Waals surface area contributed by atoms with Gasteiger partial charge in [0.15, 0.2) is 0 Å². The molecule has 1 aliphatic rings. The molecule has 1 saturated heterocycles. The van der Waals surface area contributed by atoms with E-state index in [1.165, 1.54) is 21.9 Å². The number of anilines is 2. The van der Waals surface area contributed by atoms with Crippen LogP contribution in [0, 0.1) is 0 Å². The van der Waals surface area contributed by atoms with Gasteiger partial charge in [0.1, 0.15) is 30.5 Å². The Morgan fingerprint density at radius 3 is 2.62 bits per heavy atom. The molecule has 1 aromatic heterocycles. The van der Waals surface area contributed by atoms with Crippen LogP contribution >= 0.6 is 0 Å². The van der Waals surface area contributed by atoms with Crippen LogP contribution in [0.15, 0.2) is 71.8 Å². The van der Waals surface area contributed by atoms with Crippen molar-refractivity contribution in [1.82, 2.24) is 14.5 Å². The second kappa shape index (κ2) is 11.7. The number of amides is 3. The highest BCUT2D eigenvalue weighted by Crippen LogP contribution is 2.35. The van der Waals surface area contributed by atoms with E-state index in [4.69, 9.17) is 14.2 Å². The molecule has 3 aromatic carbocycles. The number of aromatic nitrogens is 2. The van der Waals surface area contributed by atoms with Gasteiger partial charge in [-0.25, -0.2) is 14.6 Å². The molecule has 2 N–H and O–H groups in total. The summed E-state index contributed by atoms with van der Waals surface area (Å²) >= 11 is 0. The number of cyclic esters (lactones) is 1. The van der Waals surface area contributed by atoms with Gasteiger partial charge in [0, 0.05) is 18.8 Å². The quantitative estimate of drug-likeness (QED) is 0.292. The van der Waals surface area contributed by atoms with Crippen molar-refractivity contribution in [1.29, 1.82) is 0 Å². The van der Waals surface area contributed by atoms with Crippen LogP contribution in [0.25, 0.3) is 10.9 Å². The molecule has 0 atom stereocenters. The summed E-state index contributed by atoms with van der Waals surface area (Å²) in [5, 5.41) is 5.32. The van der Waals surface area contributed by atoms with Gasteiger partial charge in [0.25, 0.3) is 5.56 Å². The molecule has 0 aliphatic carbocycles. The third-order valence-corrected chi connectivity index (χ3v) is 6.24. The van der Waals surface area contributed by atoms with E-state index < -0.39 is 23.9 Å². The summed E-state index contributed by atoms with van der Waals surface area (Å²) < 4.78 is 57.7. The van der Waals surface area contributed by atoms with Crippen molar-refractivity contribution in [3.8, 4) is 17.2 Å². The van der Waals surface area contributed by atoms with Gasteiger partial charge in [-0.1, -0.05) is 6.07 Å². The maximum Gasteiger partial charge on any atom is 0.416 e. The zero-order valence-electron chi connectivity index (χ0n) is 22.1.